The van der Waals surface area contributed by atoms with Crippen LogP contribution in [-0.4, -0.2) is 19.1 Å². The fourth-order valence-electron chi connectivity index (χ4n) is 0.369. The van der Waals surface area contributed by atoms with Gasteiger partial charge >= 0.3 is 5.97 Å². The van der Waals surface area contributed by atoms with E-state index >= 15 is 0 Å². The summed E-state index contributed by atoms with van der Waals surface area (Å²) in [6.45, 7) is 2.64. The van der Waals surface area contributed by atoms with Crippen LogP contribution >= 0.6 is 0 Å². The third-order valence-electron chi connectivity index (χ3n) is 0.737. The fourth-order valence-corrected chi connectivity index (χ4v) is 0.369. The molecule has 0 aromatic rings. The molecule has 0 aliphatic rings. The molecule has 0 heterocycles. The molecule has 0 aliphatic heterocycles. The van der Waals surface area contributed by atoms with Gasteiger partial charge in [0.05, 0.1) is 13.2 Å². The molecule has 0 unspecified atom stereocenters. The summed E-state index contributed by atoms with van der Waals surface area (Å²) in [5.41, 5.74) is 0. The Morgan fingerprint density at radius 2 is 2.44 bits per heavy atom. The van der Waals surface area contributed by atoms with Crippen LogP contribution in [0.1, 0.15) is 13.3 Å². The van der Waals surface area contributed by atoms with Crippen molar-refractivity contribution in [2.45, 2.75) is 13.3 Å². The van der Waals surface area contributed by atoms with Crippen LogP contribution in [-0.2, 0) is 9.53 Å². The summed E-state index contributed by atoms with van der Waals surface area (Å²) in [7, 11) is 3.28. The highest BCUT2D eigenvalue weighted by Gasteiger charge is 1.96. The topological polar surface area (TPSA) is 38.3 Å². The summed E-state index contributed by atoms with van der Waals surface area (Å²) in [5, 5.41) is 2.45. The molecule has 0 aromatic heterocycles. The normalized spacial score (nSPS) is 9.11. The van der Waals surface area contributed by atoms with E-state index in [9.17, 15) is 4.79 Å². The minimum atomic E-state index is -0.244. The van der Waals surface area contributed by atoms with Gasteiger partial charge in [-0.2, -0.15) is 0 Å². The van der Waals surface area contributed by atoms with Gasteiger partial charge in [0.1, 0.15) is 0 Å². The number of hydrogen-bond donors (Lipinski definition) is 1. The highest BCUT2D eigenvalue weighted by atomic mass is 16.5. The summed E-state index contributed by atoms with van der Waals surface area (Å²) in [4.78, 5) is 10.5. The molecule has 9 heavy (non-hydrogen) atoms. The maximum Gasteiger partial charge on any atom is 0.319 e. The molecule has 1 radical (unpaired) electrons. The van der Waals surface area contributed by atoms with Crippen molar-refractivity contribution in [3.8, 4) is 0 Å². The summed E-state index contributed by atoms with van der Waals surface area (Å²) in [5.74, 6) is -0.244. The first-order valence-electron chi connectivity index (χ1n) is 2.96. The molecule has 1 N–H and O–H groups in total. The van der Waals surface area contributed by atoms with Gasteiger partial charge in [-0.1, -0.05) is 6.92 Å². The fraction of sp³-hybridized carbons (Fsp3) is 0.667. The Morgan fingerprint density at radius 1 is 1.78 bits per heavy atom. The molecule has 0 spiro atoms. The van der Waals surface area contributed by atoms with E-state index in [1.54, 1.807) is 0 Å². The molecule has 0 saturated heterocycles. The van der Waals surface area contributed by atoms with Gasteiger partial charge in [0.15, 0.2) is 0 Å². The van der Waals surface area contributed by atoms with E-state index in [2.05, 4.69) is 12.4 Å². The van der Waals surface area contributed by atoms with E-state index in [1.165, 1.54) is 0 Å². The van der Waals surface area contributed by atoms with Crippen molar-refractivity contribution >= 4 is 5.97 Å². The molecule has 0 rings (SSSR count). The lowest BCUT2D eigenvalue weighted by molar-refractivity contribution is -0.142. The summed E-state index contributed by atoms with van der Waals surface area (Å²) in [6.07, 6.45) is 0.864. The highest BCUT2D eigenvalue weighted by Crippen LogP contribution is 1.79. The Labute approximate surface area is 55.4 Å². The van der Waals surface area contributed by atoms with Crippen molar-refractivity contribution in [3.05, 3.63) is 7.05 Å². The lowest BCUT2D eigenvalue weighted by atomic mass is 10.5. The van der Waals surface area contributed by atoms with Crippen LogP contribution in [0.5, 0.6) is 0 Å². The van der Waals surface area contributed by atoms with Gasteiger partial charge in [0.2, 0.25) is 0 Å². The molecular formula is C6H12NO2. The predicted octanol–water partition coefficient (Wildman–Crippen LogP) is 0.321. The minimum Gasteiger partial charge on any atom is -0.465 e. The van der Waals surface area contributed by atoms with Crippen molar-refractivity contribution in [1.29, 1.82) is 0 Å². The third-order valence-corrected chi connectivity index (χ3v) is 0.737. The Bertz CT molecular complexity index is 83.1. The summed E-state index contributed by atoms with van der Waals surface area (Å²) >= 11 is 0. The molecule has 0 aromatic carbocycles. The van der Waals surface area contributed by atoms with Gasteiger partial charge in [-0.15, -0.1) is 0 Å². The number of nitrogens with one attached hydrogen (secondary N) is 1. The second-order valence-corrected chi connectivity index (χ2v) is 1.65. The smallest absolute Gasteiger partial charge is 0.319 e. The van der Waals surface area contributed by atoms with Gasteiger partial charge in [0.25, 0.3) is 0 Å². The maximum absolute atomic E-state index is 10.5. The molecule has 0 bridgehead atoms. The number of carbonyl (C=O) groups is 1. The second kappa shape index (κ2) is 5.56. The number of rotatable bonds is 4. The zero-order valence-corrected chi connectivity index (χ0v) is 5.64. The quantitative estimate of drug-likeness (QED) is 0.557. The zero-order valence-electron chi connectivity index (χ0n) is 5.64. The number of hydrogen-bond acceptors (Lipinski definition) is 3. The first kappa shape index (κ1) is 8.43. The molecule has 0 atom stereocenters. The minimum absolute atomic E-state index is 0.194. The number of ether oxygens (including phenoxy) is 1. The standard InChI is InChI=1S/C6H12NO2/c1-3-4-9-6(8)5-7-2/h7H,2-5H2,1H3. The van der Waals surface area contributed by atoms with Gasteiger partial charge in [-0.05, 0) is 6.42 Å². The third kappa shape index (κ3) is 5.30. The van der Waals surface area contributed by atoms with Crippen LogP contribution in [0.3, 0.4) is 0 Å². The van der Waals surface area contributed by atoms with E-state index in [0.717, 1.165) is 6.42 Å². The van der Waals surface area contributed by atoms with Crippen LogP contribution < -0.4 is 5.32 Å². The van der Waals surface area contributed by atoms with Crippen LogP contribution in [0, 0.1) is 7.05 Å². The molecule has 3 heteroatoms. The highest BCUT2D eigenvalue weighted by molar-refractivity contribution is 5.71. The van der Waals surface area contributed by atoms with Crippen molar-refractivity contribution in [3.63, 3.8) is 0 Å². The lowest BCUT2D eigenvalue weighted by Crippen LogP contribution is -2.19. The summed E-state index contributed by atoms with van der Waals surface area (Å²) < 4.78 is 4.69. The average molecular weight is 130 g/mol. The van der Waals surface area contributed by atoms with Gasteiger partial charge < -0.3 is 10.1 Å². The Balaban J connectivity index is 3.06. The largest absolute Gasteiger partial charge is 0.465 e. The zero-order chi connectivity index (χ0) is 7.11. The molecule has 0 saturated carbocycles. The Hall–Kier alpha value is -0.570. The predicted molar refractivity (Wildman–Crippen MR) is 34.6 cm³/mol. The first-order valence-corrected chi connectivity index (χ1v) is 2.96. The van der Waals surface area contributed by atoms with Crippen LogP contribution in [0.15, 0.2) is 0 Å². The first-order chi connectivity index (χ1) is 4.31. The van der Waals surface area contributed by atoms with Crippen LogP contribution in [0.25, 0.3) is 0 Å². The van der Waals surface area contributed by atoms with Crippen molar-refractivity contribution in [2.24, 2.45) is 0 Å². The van der Waals surface area contributed by atoms with E-state index in [-0.39, 0.29) is 12.5 Å². The van der Waals surface area contributed by atoms with E-state index < -0.39 is 0 Å². The van der Waals surface area contributed by atoms with E-state index in [1.807, 2.05) is 6.92 Å². The molecule has 3 nitrogen and oxygen atoms in total. The maximum atomic E-state index is 10.5. The number of carbonyl (C=O) groups excluding carboxylic acids is 1. The van der Waals surface area contributed by atoms with Gasteiger partial charge in [0, 0.05) is 7.05 Å². The SMILES string of the molecule is [CH2]NCC(=O)OCCC. The molecule has 0 aliphatic carbocycles. The van der Waals surface area contributed by atoms with Gasteiger partial charge in [-0.3, -0.25) is 4.79 Å². The molecule has 0 fully saturated rings. The van der Waals surface area contributed by atoms with Crippen LogP contribution in [0.2, 0.25) is 0 Å². The van der Waals surface area contributed by atoms with Crippen molar-refractivity contribution in [1.82, 2.24) is 5.32 Å². The summed E-state index contributed by atoms with van der Waals surface area (Å²) in [6, 6.07) is 0. The van der Waals surface area contributed by atoms with E-state index in [4.69, 9.17) is 4.74 Å². The van der Waals surface area contributed by atoms with E-state index in [0.29, 0.717) is 6.61 Å². The Kier molecular flexibility index (Phi) is 5.21. The number of esters is 1. The Morgan fingerprint density at radius 3 is 2.89 bits per heavy atom. The second-order valence-electron chi connectivity index (χ2n) is 1.65. The van der Waals surface area contributed by atoms with Crippen molar-refractivity contribution < 1.29 is 9.53 Å². The molecular weight excluding hydrogens is 118 g/mol. The van der Waals surface area contributed by atoms with Crippen molar-refractivity contribution in [2.75, 3.05) is 13.2 Å². The van der Waals surface area contributed by atoms with Gasteiger partial charge in [-0.25, -0.2) is 0 Å². The molecule has 0 amide bonds. The lowest BCUT2D eigenvalue weighted by Gasteiger charge is -1.99. The van der Waals surface area contributed by atoms with Crippen LogP contribution in [0.4, 0.5) is 0 Å². The monoisotopic (exact) mass is 130 g/mol. The average Bonchev–Trinajstić information content (AvgIpc) is 1.85. The molecule has 53 valence electrons.